The van der Waals surface area contributed by atoms with E-state index >= 15 is 0 Å². The molecular weight excluding hydrogens is 188 g/mol. The molecule has 2 heterocycles. The number of nitrogens with two attached hydrogens (primary N) is 1. The number of hydrogen-bond donors (Lipinski definition) is 2. The fourth-order valence-corrected chi connectivity index (χ4v) is 2.14. The van der Waals surface area contributed by atoms with Gasteiger partial charge < -0.3 is 10.6 Å². The van der Waals surface area contributed by atoms with Crippen molar-refractivity contribution >= 4 is 5.96 Å². The van der Waals surface area contributed by atoms with Crippen molar-refractivity contribution < 1.29 is 0 Å². The molecule has 1 fully saturated rings. The SMILES string of the molecule is N=C(N)N1CCCC[C@H]1c1cccnc1. The molecule has 3 N–H and O–H groups in total. The molecule has 1 atom stereocenters. The highest BCUT2D eigenvalue weighted by atomic mass is 15.3. The van der Waals surface area contributed by atoms with Gasteiger partial charge in [-0.3, -0.25) is 10.4 Å². The molecule has 0 aliphatic carbocycles. The zero-order valence-electron chi connectivity index (χ0n) is 8.69. The molecule has 4 heteroatoms. The summed E-state index contributed by atoms with van der Waals surface area (Å²) in [6, 6.07) is 4.23. The van der Waals surface area contributed by atoms with Gasteiger partial charge >= 0.3 is 0 Å². The zero-order valence-corrected chi connectivity index (χ0v) is 8.69. The predicted molar refractivity (Wildman–Crippen MR) is 59.4 cm³/mol. The lowest BCUT2D eigenvalue weighted by molar-refractivity contribution is 0.240. The average molecular weight is 204 g/mol. The van der Waals surface area contributed by atoms with Crippen molar-refractivity contribution in [2.45, 2.75) is 25.3 Å². The van der Waals surface area contributed by atoms with E-state index < -0.39 is 0 Å². The van der Waals surface area contributed by atoms with Crippen molar-refractivity contribution in [3.63, 3.8) is 0 Å². The molecule has 15 heavy (non-hydrogen) atoms. The van der Waals surface area contributed by atoms with Crippen LogP contribution in [0.4, 0.5) is 0 Å². The van der Waals surface area contributed by atoms with E-state index in [1.54, 1.807) is 6.20 Å². The Labute approximate surface area is 89.6 Å². The number of guanidine groups is 1. The van der Waals surface area contributed by atoms with E-state index in [9.17, 15) is 0 Å². The van der Waals surface area contributed by atoms with Gasteiger partial charge in [0.05, 0.1) is 6.04 Å². The van der Waals surface area contributed by atoms with E-state index in [2.05, 4.69) is 11.1 Å². The number of rotatable bonds is 1. The molecule has 4 nitrogen and oxygen atoms in total. The van der Waals surface area contributed by atoms with Gasteiger partial charge in [-0.05, 0) is 30.9 Å². The lowest BCUT2D eigenvalue weighted by atomic mass is 9.97. The van der Waals surface area contributed by atoms with E-state index in [1.165, 1.54) is 6.42 Å². The van der Waals surface area contributed by atoms with Gasteiger partial charge in [-0.2, -0.15) is 0 Å². The third kappa shape index (κ3) is 2.09. The van der Waals surface area contributed by atoms with Crippen molar-refractivity contribution in [3.05, 3.63) is 30.1 Å². The maximum absolute atomic E-state index is 7.55. The molecule has 0 radical (unpaired) electrons. The smallest absolute Gasteiger partial charge is 0.188 e. The molecule has 1 aromatic rings. The van der Waals surface area contributed by atoms with Crippen molar-refractivity contribution in [2.75, 3.05) is 6.54 Å². The van der Waals surface area contributed by atoms with Gasteiger partial charge in [0.2, 0.25) is 0 Å². The molecular formula is C11H16N4. The Bertz CT molecular complexity index is 336. The first-order chi connectivity index (χ1) is 7.29. The van der Waals surface area contributed by atoms with Crippen molar-refractivity contribution in [1.82, 2.24) is 9.88 Å². The molecule has 0 amide bonds. The van der Waals surface area contributed by atoms with Gasteiger partial charge in [-0.1, -0.05) is 6.07 Å². The first-order valence-electron chi connectivity index (χ1n) is 5.29. The number of piperidine rings is 1. The normalized spacial score (nSPS) is 21.3. The minimum Gasteiger partial charge on any atom is -0.370 e. The van der Waals surface area contributed by atoms with Crippen molar-refractivity contribution in [2.24, 2.45) is 5.73 Å². The maximum atomic E-state index is 7.55. The Morgan fingerprint density at radius 2 is 2.40 bits per heavy atom. The summed E-state index contributed by atoms with van der Waals surface area (Å²) in [6.07, 6.45) is 7.02. The topological polar surface area (TPSA) is 66.0 Å². The summed E-state index contributed by atoms with van der Waals surface area (Å²) in [7, 11) is 0. The van der Waals surface area contributed by atoms with Crippen LogP contribution in [-0.2, 0) is 0 Å². The highest BCUT2D eigenvalue weighted by Crippen LogP contribution is 2.29. The third-order valence-corrected chi connectivity index (χ3v) is 2.88. The van der Waals surface area contributed by atoms with E-state index in [1.807, 2.05) is 17.2 Å². The van der Waals surface area contributed by atoms with Crippen LogP contribution in [0.5, 0.6) is 0 Å². The van der Waals surface area contributed by atoms with E-state index in [-0.39, 0.29) is 12.0 Å². The minimum atomic E-state index is 0.170. The third-order valence-electron chi connectivity index (χ3n) is 2.88. The molecule has 0 bridgehead atoms. The van der Waals surface area contributed by atoms with Crippen molar-refractivity contribution in [1.29, 1.82) is 5.41 Å². The lowest BCUT2D eigenvalue weighted by Gasteiger charge is -2.36. The molecule has 1 saturated heterocycles. The summed E-state index contributed by atoms with van der Waals surface area (Å²) >= 11 is 0. The van der Waals surface area contributed by atoms with Gasteiger partial charge in [-0.15, -0.1) is 0 Å². The summed E-state index contributed by atoms with van der Waals surface area (Å²) in [5.41, 5.74) is 6.74. The van der Waals surface area contributed by atoms with Gasteiger partial charge in [0, 0.05) is 18.9 Å². The monoisotopic (exact) mass is 204 g/mol. The largest absolute Gasteiger partial charge is 0.370 e. The van der Waals surface area contributed by atoms with Crippen LogP contribution in [-0.4, -0.2) is 22.4 Å². The van der Waals surface area contributed by atoms with Crippen molar-refractivity contribution in [3.8, 4) is 0 Å². The number of aromatic nitrogens is 1. The molecule has 0 unspecified atom stereocenters. The van der Waals surface area contributed by atoms with Gasteiger partial charge in [0.25, 0.3) is 0 Å². The summed E-state index contributed by atoms with van der Waals surface area (Å²) < 4.78 is 0. The fourth-order valence-electron chi connectivity index (χ4n) is 2.14. The minimum absolute atomic E-state index is 0.170. The summed E-state index contributed by atoms with van der Waals surface area (Å²) in [6.45, 7) is 0.884. The standard InChI is InChI=1S/C11H16N4/c12-11(13)15-7-2-1-5-10(15)9-4-3-6-14-8-9/h3-4,6,8,10H,1-2,5,7H2,(H3,12,13)/t10-/m0/s1. The van der Waals surface area contributed by atoms with E-state index in [4.69, 9.17) is 11.1 Å². The molecule has 0 saturated carbocycles. The molecule has 1 aliphatic heterocycles. The number of hydrogen-bond acceptors (Lipinski definition) is 2. The van der Waals surface area contributed by atoms with Gasteiger partial charge in [-0.25, -0.2) is 0 Å². The highest BCUT2D eigenvalue weighted by Gasteiger charge is 2.24. The number of pyridine rings is 1. The average Bonchev–Trinajstić information content (AvgIpc) is 2.30. The van der Waals surface area contributed by atoms with E-state index in [0.29, 0.717) is 0 Å². The van der Waals surface area contributed by atoms with Crippen LogP contribution in [0.2, 0.25) is 0 Å². The zero-order chi connectivity index (χ0) is 10.7. The Kier molecular flexibility index (Phi) is 2.85. The van der Waals surface area contributed by atoms with E-state index in [0.717, 1.165) is 24.9 Å². The summed E-state index contributed by atoms with van der Waals surface area (Å²) in [4.78, 5) is 6.07. The Hall–Kier alpha value is -1.58. The Morgan fingerprint density at radius 1 is 1.53 bits per heavy atom. The van der Waals surface area contributed by atoms with Crippen LogP contribution in [0.3, 0.4) is 0 Å². The van der Waals surface area contributed by atoms with Crippen LogP contribution in [0, 0.1) is 5.41 Å². The van der Waals surface area contributed by atoms with Crippen LogP contribution >= 0.6 is 0 Å². The fraction of sp³-hybridized carbons (Fsp3) is 0.455. The molecule has 80 valence electrons. The van der Waals surface area contributed by atoms with Crippen LogP contribution < -0.4 is 5.73 Å². The van der Waals surface area contributed by atoms with Crippen LogP contribution in [0.25, 0.3) is 0 Å². The summed E-state index contributed by atoms with van der Waals surface area (Å²) in [5.74, 6) is 0.170. The molecule has 1 aromatic heterocycles. The Morgan fingerprint density at radius 3 is 3.07 bits per heavy atom. The second-order valence-corrected chi connectivity index (χ2v) is 3.88. The second kappa shape index (κ2) is 4.29. The second-order valence-electron chi connectivity index (χ2n) is 3.88. The molecule has 1 aliphatic rings. The lowest BCUT2D eigenvalue weighted by Crippen LogP contribution is -2.42. The number of likely N-dealkylation sites (tertiary alicyclic amines) is 1. The van der Waals surface area contributed by atoms with Crippen LogP contribution in [0.1, 0.15) is 30.9 Å². The molecule has 0 spiro atoms. The summed E-state index contributed by atoms with van der Waals surface area (Å²) in [5, 5.41) is 7.55. The Balaban J connectivity index is 2.22. The molecule has 0 aromatic carbocycles. The van der Waals surface area contributed by atoms with Crippen LogP contribution in [0.15, 0.2) is 24.5 Å². The maximum Gasteiger partial charge on any atom is 0.188 e. The number of nitrogens with one attached hydrogen (secondary N) is 1. The predicted octanol–water partition coefficient (Wildman–Crippen LogP) is 1.50. The van der Waals surface area contributed by atoms with Gasteiger partial charge in [0.1, 0.15) is 0 Å². The molecule has 2 rings (SSSR count). The van der Waals surface area contributed by atoms with Gasteiger partial charge in [0.15, 0.2) is 5.96 Å². The number of nitrogens with zero attached hydrogens (tertiary/aromatic N) is 2. The first-order valence-corrected chi connectivity index (χ1v) is 5.29. The highest BCUT2D eigenvalue weighted by molar-refractivity contribution is 5.75. The quantitative estimate of drug-likeness (QED) is 0.538. The first kappa shape index (κ1) is 9.96.